The second kappa shape index (κ2) is 9.55. The van der Waals surface area contributed by atoms with Gasteiger partial charge in [-0.15, -0.1) is 11.3 Å². The molecule has 8 heteroatoms. The molecule has 0 atom stereocenters. The number of hydrogen-bond donors (Lipinski definition) is 0. The number of fused-ring (bicyclic) bond motifs is 1. The molecule has 2 aromatic heterocycles. The van der Waals surface area contributed by atoms with Gasteiger partial charge in [0.25, 0.3) is 5.56 Å². The van der Waals surface area contributed by atoms with Crippen molar-refractivity contribution in [2.75, 3.05) is 0 Å². The van der Waals surface area contributed by atoms with Gasteiger partial charge >= 0.3 is 0 Å². The van der Waals surface area contributed by atoms with Crippen LogP contribution in [0.25, 0.3) is 15.9 Å². The van der Waals surface area contributed by atoms with E-state index >= 15 is 0 Å². The van der Waals surface area contributed by atoms with Gasteiger partial charge in [0.1, 0.15) is 4.83 Å². The number of nitrogens with zero attached hydrogens (tertiary/aromatic N) is 2. The van der Waals surface area contributed by atoms with E-state index in [-0.39, 0.29) is 5.56 Å². The highest BCUT2D eigenvalue weighted by Gasteiger charge is 2.19. The molecule has 160 valence electrons. The van der Waals surface area contributed by atoms with Gasteiger partial charge in [-0.2, -0.15) is 0 Å². The molecule has 0 aliphatic rings. The van der Waals surface area contributed by atoms with Crippen molar-refractivity contribution in [2.24, 2.45) is 0 Å². The smallest absolute Gasteiger partial charge is 0.267 e. The minimum atomic E-state index is -0.0619. The first-order valence-electron chi connectivity index (χ1n) is 9.76. The van der Waals surface area contributed by atoms with Crippen LogP contribution in [0.5, 0.6) is 0 Å². The molecule has 0 spiro atoms. The quantitative estimate of drug-likeness (QED) is 0.195. The normalized spacial score (nSPS) is 11.4. The first kappa shape index (κ1) is 22.7. The Labute approximate surface area is 204 Å². The third-order valence-corrected chi connectivity index (χ3v) is 8.04. The van der Waals surface area contributed by atoms with Gasteiger partial charge in [0.15, 0.2) is 5.16 Å². The summed E-state index contributed by atoms with van der Waals surface area (Å²) in [6, 6.07) is 12.7. The molecule has 4 aromatic rings. The van der Waals surface area contributed by atoms with Crippen molar-refractivity contribution in [1.82, 2.24) is 9.55 Å². The fourth-order valence-corrected chi connectivity index (χ4v) is 6.39. The zero-order valence-corrected chi connectivity index (χ0v) is 20.8. The second-order valence-corrected chi connectivity index (χ2v) is 10.4. The maximum Gasteiger partial charge on any atom is 0.267 e. The van der Waals surface area contributed by atoms with Gasteiger partial charge in [0.05, 0.1) is 11.1 Å². The number of thioether (sulfide) groups is 1. The maximum atomic E-state index is 13.6. The van der Waals surface area contributed by atoms with Gasteiger partial charge in [-0.3, -0.25) is 9.36 Å². The lowest BCUT2D eigenvalue weighted by Gasteiger charge is -2.13. The second-order valence-electron chi connectivity index (χ2n) is 7.12. The van der Waals surface area contributed by atoms with E-state index in [1.807, 2.05) is 31.2 Å². The van der Waals surface area contributed by atoms with Crippen molar-refractivity contribution < 1.29 is 0 Å². The molecule has 3 nitrogen and oxygen atoms in total. The Hall–Kier alpha value is -1.50. The molecule has 0 bridgehead atoms. The van der Waals surface area contributed by atoms with Crippen LogP contribution >= 0.6 is 57.9 Å². The van der Waals surface area contributed by atoms with Crippen LogP contribution in [-0.4, -0.2) is 9.55 Å². The van der Waals surface area contributed by atoms with Gasteiger partial charge in [-0.05, 0) is 60.9 Å². The highest BCUT2D eigenvalue weighted by Crippen LogP contribution is 2.33. The highest BCUT2D eigenvalue weighted by molar-refractivity contribution is 7.98. The molecule has 0 aliphatic heterocycles. The molecule has 0 unspecified atom stereocenters. The van der Waals surface area contributed by atoms with Gasteiger partial charge < -0.3 is 0 Å². The molecule has 0 fully saturated rings. The van der Waals surface area contributed by atoms with E-state index in [0.717, 1.165) is 34.5 Å². The Bertz CT molecular complexity index is 1310. The van der Waals surface area contributed by atoms with Crippen molar-refractivity contribution in [1.29, 1.82) is 0 Å². The summed E-state index contributed by atoms with van der Waals surface area (Å²) in [7, 11) is 0. The lowest BCUT2D eigenvalue weighted by Crippen LogP contribution is -2.21. The number of aromatic nitrogens is 2. The summed E-state index contributed by atoms with van der Waals surface area (Å²) in [5.41, 5.74) is 2.63. The predicted octanol–water partition coefficient (Wildman–Crippen LogP) is 7.96. The molecular weight excluding hydrogens is 491 g/mol. The Morgan fingerprint density at radius 3 is 2.45 bits per heavy atom. The Morgan fingerprint density at radius 2 is 1.77 bits per heavy atom. The molecular formula is C23H19Cl3N2OS2. The standard InChI is InChI=1S/C23H19Cl3N2OS2/c1-3-4-19-13(2)20-21(31-19)27-23(30-12-14-5-6-16(25)11-18(14)26)28(22(20)29)17-9-7-15(24)8-10-17/h5-11H,3-4,12H2,1-2H3. The Morgan fingerprint density at radius 1 is 1.06 bits per heavy atom. The summed E-state index contributed by atoms with van der Waals surface area (Å²) in [6.07, 6.45) is 1.96. The molecule has 0 amide bonds. The lowest BCUT2D eigenvalue weighted by atomic mass is 10.1. The van der Waals surface area contributed by atoms with Crippen LogP contribution in [0.15, 0.2) is 52.4 Å². The number of halogens is 3. The maximum absolute atomic E-state index is 13.6. The van der Waals surface area contributed by atoms with Gasteiger partial charge in [-0.25, -0.2) is 4.98 Å². The van der Waals surface area contributed by atoms with Crippen LogP contribution in [0, 0.1) is 6.92 Å². The number of thiophene rings is 1. The minimum Gasteiger partial charge on any atom is -0.268 e. The molecule has 0 N–H and O–H groups in total. The molecule has 0 radical (unpaired) electrons. The molecule has 31 heavy (non-hydrogen) atoms. The van der Waals surface area contributed by atoms with E-state index in [2.05, 4.69) is 6.92 Å². The third kappa shape index (κ3) is 4.67. The molecule has 0 saturated heterocycles. The van der Waals surface area contributed by atoms with Gasteiger partial charge in [-0.1, -0.05) is 66.0 Å². The van der Waals surface area contributed by atoms with Crippen LogP contribution < -0.4 is 5.56 Å². The minimum absolute atomic E-state index is 0.0619. The van der Waals surface area contributed by atoms with Gasteiger partial charge in [0, 0.05) is 25.7 Å². The predicted molar refractivity (Wildman–Crippen MR) is 135 cm³/mol. The van der Waals surface area contributed by atoms with E-state index in [1.54, 1.807) is 34.1 Å². The molecule has 0 saturated carbocycles. The number of aryl methyl sites for hydroxylation is 2. The number of benzene rings is 2. The Kier molecular flexibility index (Phi) is 6.99. The first-order chi connectivity index (χ1) is 14.9. The van der Waals surface area contributed by atoms with E-state index in [9.17, 15) is 4.79 Å². The van der Waals surface area contributed by atoms with Crippen LogP contribution in [-0.2, 0) is 12.2 Å². The largest absolute Gasteiger partial charge is 0.268 e. The lowest BCUT2D eigenvalue weighted by molar-refractivity contribution is 0.821. The summed E-state index contributed by atoms with van der Waals surface area (Å²) in [4.78, 5) is 20.5. The van der Waals surface area contributed by atoms with E-state index < -0.39 is 0 Å². The fourth-order valence-electron chi connectivity index (χ4n) is 3.37. The number of rotatable bonds is 6. The summed E-state index contributed by atoms with van der Waals surface area (Å²) in [6.45, 7) is 4.15. The third-order valence-electron chi connectivity index (χ3n) is 4.97. The van der Waals surface area contributed by atoms with Gasteiger partial charge in [0.2, 0.25) is 0 Å². The molecule has 4 rings (SSSR count). The fraction of sp³-hybridized carbons (Fsp3) is 0.217. The summed E-state index contributed by atoms with van der Waals surface area (Å²) >= 11 is 21.5. The monoisotopic (exact) mass is 508 g/mol. The average Bonchev–Trinajstić information content (AvgIpc) is 3.04. The van der Waals surface area contributed by atoms with Crippen molar-refractivity contribution in [2.45, 2.75) is 37.6 Å². The van der Waals surface area contributed by atoms with Crippen molar-refractivity contribution in [3.05, 3.63) is 83.9 Å². The summed E-state index contributed by atoms with van der Waals surface area (Å²) in [5, 5.41) is 3.12. The first-order valence-corrected chi connectivity index (χ1v) is 12.7. The van der Waals surface area contributed by atoms with Crippen molar-refractivity contribution in [3.8, 4) is 5.69 Å². The van der Waals surface area contributed by atoms with Crippen molar-refractivity contribution >= 4 is 68.1 Å². The molecule has 2 heterocycles. The topological polar surface area (TPSA) is 34.9 Å². The highest BCUT2D eigenvalue weighted by atomic mass is 35.5. The van der Waals surface area contributed by atoms with Crippen LogP contribution in [0.2, 0.25) is 15.1 Å². The zero-order chi connectivity index (χ0) is 22.1. The summed E-state index contributed by atoms with van der Waals surface area (Å²) in [5.74, 6) is 0.563. The van der Waals surface area contributed by atoms with E-state index in [0.29, 0.717) is 31.4 Å². The van der Waals surface area contributed by atoms with Crippen LogP contribution in [0.1, 0.15) is 29.3 Å². The van der Waals surface area contributed by atoms with E-state index in [4.69, 9.17) is 39.8 Å². The SMILES string of the molecule is CCCc1sc2nc(SCc3ccc(Cl)cc3Cl)n(-c3ccc(Cl)cc3)c(=O)c2c1C. The Balaban J connectivity index is 1.86. The number of hydrogen-bond acceptors (Lipinski definition) is 4. The zero-order valence-electron chi connectivity index (χ0n) is 16.9. The summed E-state index contributed by atoms with van der Waals surface area (Å²) < 4.78 is 1.67. The molecule has 0 aliphatic carbocycles. The van der Waals surface area contributed by atoms with Crippen LogP contribution in [0.3, 0.4) is 0 Å². The van der Waals surface area contributed by atoms with Crippen LogP contribution in [0.4, 0.5) is 0 Å². The van der Waals surface area contributed by atoms with E-state index in [1.165, 1.54) is 16.6 Å². The molecule has 2 aromatic carbocycles. The average molecular weight is 510 g/mol. The van der Waals surface area contributed by atoms with Crippen molar-refractivity contribution in [3.63, 3.8) is 0 Å².